The highest BCUT2D eigenvalue weighted by Gasteiger charge is 2.22. The van der Waals surface area contributed by atoms with Gasteiger partial charge in [0, 0.05) is 23.2 Å². The average Bonchev–Trinajstić information content (AvgIpc) is 3.34. The fourth-order valence-corrected chi connectivity index (χ4v) is 3.74. The van der Waals surface area contributed by atoms with Crippen molar-refractivity contribution >= 4 is 22.9 Å². The number of fused-ring (bicyclic) bond motifs is 1. The first-order valence-electron chi connectivity index (χ1n) is 8.28. The van der Waals surface area contributed by atoms with Crippen LogP contribution in [0, 0.1) is 6.92 Å². The standard InChI is InChI=1S/C19H19N3O2S/c1-13-21-17(12-25-13)14-4-5-18-15(9-14)6-7-22(18)11-19(23)20-10-16-3-2-8-24-16/h2-5,8-9,12H,6-7,10-11H2,1H3,(H,20,23). The minimum atomic E-state index is 0.00320. The Morgan fingerprint density at radius 2 is 2.32 bits per heavy atom. The van der Waals surface area contributed by atoms with Crippen LogP contribution in [-0.4, -0.2) is 24.0 Å². The Morgan fingerprint density at radius 3 is 3.08 bits per heavy atom. The lowest BCUT2D eigenvalue weighted by Crippen LogP contribution is -2.36. The predicted molar refractivity (Wildman–Crippen MR) is 98.8 cm³/mol. The van der Waals surface area contributed by atoms with Crippen molar-refractivity contribution in [3.8, 4) is 11.3 Å². The molecule has 0 atom stereocenters. The number of aromatic nitrogens is 1. The second-order valence-corrected chi connectivity index (χ2v) is 7.19. The molecule has 0 bridgehead atoms. The van der Waals surface area contributed by atoms with E-state index in [1.54, 1.807) is 17.6 Å². The van der Waals surface area contributed by atoms with Crippen molar-refractivity contribution in [3.05, 3.63) is 58.3 Å². The molecule has 3 aromatic rings. The zero-order chi connectivity index (χ0) is 17.2. The molecule has 5 nitrogen and oxygen atoms in total. The number of furan rings is 1. The molecule has 4 rings (SSSR count). The summed E-state index contributed by atoms with van der Waals surface area (Å²) in [5, 5.41) is 6.06. The smallest absolute Gasteiger partial charge is 0.239 e. The van der Waals surface area contributed by atoms with Crippen LogP contribution in [0.2, 0.25) is 0 Å². The third kappa shape index (κ3) is 3.44. The summed E-state index contributed by atoms with van der Waals surface area (Å²) in [4.78, 5) is 18.9. The van der Waals surface area contributed by atoms with Crippen molar-refractivity contribution in [2.24, 2.45) is 0 Å². The van der Waals surface area contributed by atoms with Gasteiger partial charge in [-0.05, 0) is 43.2 Å². The molecule has 1 aromatic carbocycles. The summed E-state index contributed by atoms with van der Waals surface area (Å²) in [5.74, 6) is 0.766. The number of benzene rings is 1. The Morgan fingerprint density at radius 1 is 1.40 bits per heavy atom. The highest BCUT2D eigenvalue weighted by atomic mass is 32.1. The molecular formula is C19H19N3O2S. The zero-order valence-corrected chi connectivity index (χ0v) is 14.8. The van der Waals surface area contributed by atoms with Gasteiger partial charge in [0.1, 0.15) is 5.76 Å². The van der Waals surface area contributed by atoms with Crippen molar-refractivity contribution < 1.29 is 9.21 Å². The Kier molecular flexibility index (Phi) is 4.28. The molecule has 0 unspecified atom stereocenters. The molecule has 0 radical (unpaired) electrons. The number of amides is 1. The molecule has 0 spiro atoms. The van der Waals surface area contributed by atoms with E-state index in [2.05, 4.69) is 38.8 Å². The summed E-state index contributed by atoms with van der Waals surface area (Å²) in [7, 11) is 0. The van der Waals surface area contributed by atoms with E-state index >= 15 is 0 Å². The van der Waals surface area contributed by atoms with E-state index in [1.165, 1.54) is 5.56 Å². The summed E-state index contributed by atoms with van der Waals surface area (Å²) in [6, 6.07) is 10.1. The SMILES string of the molecule is Cc1nc(-c2ccc3c(c2)CCN3CC(=O)NCc2ccco2)cs1. The number of rotatable bonds is 5. The van der Waals surface area contributed by atoms with Gasteiger partial charge in [0.05, 0.1) is 30.1 Å². The van der Waals surface area contributed by atoms with Gasteiger partial charge in [0.2, 0.25) is 5.91 Å². The maximum atomic E-state index is 12.2. The first-order chi connectivity index (χ1) is 12.2. The third-order valence-corrected chi connectivity index (χ3v) is 5.13. The number of thiazole rings is 1. The van der Waals surface area contributed by atoms with E-state index in [1.807, 2.05) is 19.1 Å². The largest absolute Gasteiger partial charge is 0.467 e. The van der Waals surface area contributed by atoms with Crippen LogP contribution < -0.4 is 10.2 Å². The molecule has 1 aliphatic rings. The quantitative estimate of drug-likeness (QED) is 0.764. The second kappa shape index (κ2) is 6.72. The Hall–Kier alpha value is -2.60. The summed E-state index contributed by atoms with van der Waals surface area (Å²) < 4.78 is 5.23. The molecule has 2 aromatic heterocycles. The van der Waals surface area contributed by atoms with Crippen molar-refractivity contribution in [2.75, 3.05) is 18.0 Å². The predicted octanol–water partition coefficient (Wildman–Crippen LogP) is 3.39. The van der Waals surface area contributed by atoms with Crippen LogP contribution in [0.25, 0.3) is 11.3 Å². The first kappa shape index (κ1) is 15.9. The fraction of sp³-hybridized carbons (Fsp3) is 0.263. The lowest BCUT2D eigenvalue weighted by atomic mass is 10.1. The van der Waals surface area contributed by atoms with Gasteiger partial charge in [0.15, 0.2) is 0 Å². The van der Waals surface area contributed by atoms with Crippen LogP contribution in [0.1, 0.15) is 16.3 Å². The van der Waals surface area contributed by atoms with Crippen LogP contribution in [0.3, 0.4) is 0 Å². The number of carbonyl (C=O) groups excluding carboxylic acids is 1. The molecule has 25 heavy (non-hydrogen) atoms. The van der Waals surface area contributed by atoms with Crippen LogP contribution >= 0.6 is 11.3 Å². The summed E-state index contributed by atoms with van der Waals surface area (Å²) >= 11 is 1.66. The van der Waals surface area contributed by atoms with E-state index in [9.17, 15) is 4.79 Å². The van der Waals surface area contributed by atoms with Gasteiger partial charge in [-0.2, -0.15) is 0 Å². The van der Waals surface area contributed by atoms with Gasteiger partial charge in [0.25, 0.3) is 0 Å². The number of hydrogen-bond donors (Lipinski definition) is 1. The van der Waals surface area contributed by atoms with Crippen molar-refractivity contribution in [1.29, 1.82) is 0 Å². The lowest BCUT2D eigenvalue weighted by molar-refractivity contribution is -0.120. The lowest BCUT2D eigenvalue weighted by Gasteiger charge is -2.18. The minimum Gasteiger partial charge on any atom is -0.467 e. The molecule has 3 heterocycles. The molecular weight excluding hydrogens is 334 g/mol. The molecule has 0 saturated heterocycles. The topological polar surface area (TPSA) is 58.4 Å². The molecule has 0 saturated carbocycles. The van der Waals surface area contributed by atoms with Gasteiger partial charge in [-0.1, -0.05) is 6.07 Å². The molecule has 1 N–H and O–H groups in total. The summed E-state index contributed by atoms with van der Waals surface area (Å²) in [6.45, 7) is 3.67. The average molecular weight is 353 g/mol. The summed E-state index contributed by atoms with van der Waals surface area (Å²) in [6.07, 6.45) is 2.57. The van der Waals surface area contributed by atoms with E-state index in [0.717, 1.165) is 40.7 Å². The first-order valence-corrected chi connectivity index (χ1v) is 9.16. The molecule has 6 heteroatoms. The third-order valence-electron chi connectivity index (χ3n) is 4.36. The van der Waals surface area contributed by atoms with Crippen molar-refractivity contribution in [1.82, 2.24) is 10.3 Å². The molecule has 128 valence electrons. The molecule has 1 aliphatic heterocycles. The summed E-state index contributed by atoms with van der Waals surface area (Å²) in [5.41, 5.74) is 4.60. The Bertz CT molecular complexity index is 886. The monoisotopic (exact) mass is 353 g/mol. The van der Waals surface area contributed by atoms with E-state index in [4.69, 9.17) is 4.42 Å². The number of anilines is 1. The maximum absolute atomic E-state index is 12.2. The van der Waals surface area contributed by atoms with E-state index in [0.29, 0.717) is 13.1 Å². The van der Waals surface area contributed by atoms with Crippen LogP contribution in [0.15, 0.2) is 46.4 Å². The van der Waals surface area contributed by atoms with Gasteiger partial charge in [-0.25, -0.2) is 4.98 Å². The fourth-order valence-electron chi connectivity index (χ4n) is 3.12. The number of nitrogens with one attached hydrogen (secondary N) is 1. The Labute approximate surface area is 150 Å². The molecule has 1 amide bonds. The van der Waals surface area contributed by atoms with Gasteiger partial charge in [-0.15, -0.1) is 11.3 Å². The second-order valence-electron chi connectivity index (χ2n) is 6.12. The van der Waals surface area contributed by atoms with Crippen LogP contribution in [0.4, 0.5) is 5.69 Å². The number of hydrogen-bond acceptors (Lipinski definition) is 5. The normalized spacial score (nSPS) is 13.1. The number of nitrogens with zero attached hydrogens (tertiary/aromatic N) is 2. The molecule has 0 aliphatic carbocycles. The molecule has 0 fully saturated rings. The highest BCUT2D eigenvalue weighted by molar-refractivity contribution is 7.09. The maximum Gasteiger partial charge on any atom is 0.239 e. The van der Waals surface area contributed by atoms with Crippen molar-refractivity contribution in [2.45, 2.75) is 19.9 Å². The van der Waals surface area contributed by atoms with Gasteiger partial charge >= 0.3 is 0 Å². The Balaban J connectivity index is 1.42. The van der Waals surface area contributed by atoms with Gasteiger partial charge in [-0.3, -0.25) is 4.79 Å². The van der Waals surface area contributed by atoms with Crippen molar-refractivity contribution in [3.63, 3.8) is 0 Å². The van der Waals surface area contributed by atoms with Gasteiger partial charge < -0.3 is 14.6 Å². The number of aryl methyl sites for hydroxylation is 1. The number of carbonyl (C=O) groups is 1. The van der Waals surface area contributed by atoms with Crippen LogP contribution in [0.5, 0.6) is 0 Å². The van der Waals surface area contributed by atoms with Crippen LogP contribution in [-0.2, 0) is 17.8 Å². The minimum absolute atomic E-state index is 0.00320. The van der Waals surface area contributed by atoms with E-state index in [-0.39, 0.29) is 5.91 Å². The zero-order valence-electron chi connectivity index (χ0n) is 14.0. The highest BCUT2D eigenvalue weighted by Crippen LogP contribution is 2.32. The van der Waals surface area contributed by atoms with E-state index < -0.39 is 0 Å².